The summed E-state index contributed by atoms with van der Waals surface area (Å²) in [6.07, 6.45) is 1.51. The van der Waals surface area contributed by atoms with Crippen molar-refractivity contribution >= 4 is 17.6 Å². The molecule has 5 nitrogen and oxygen atoms in total. The maximum Gasteiger partial charge on any atom is 0.269 e. The number of hydrogen-bond acceptors (Lipinski definition) is 4. The van der Waals surface area contributed by atoms with Crippen LogP contribution < -0.4 is 0 Å². The lowest BCUT2D eigenvalue weighted by Gasteiger charge is -1.97. The lowest BCUT2D eigenvalue weighted by molar-refractivity contribution is -0.384. The Morgan fingerprint density at radius 1 is 1.11 bits per heavy atom. The molecule has 0 saturated carbocycles. The van der Waals surface area contributed by atoms with Gasteiger partial charge in [0, 0.05) is 23.9 Å². The molecule has 0 amide bonds. The number of aromatic hydroxyl groups is 1. The van der Waals surface area contributed by atoms with Gasteiger partial charge >= 0.3 is 0 Å². The van der Waals surface area contributed by atoms with E-state index in [1.807, 2.05) is 0 Å². The minimum absolute atomic E-state index is 0.0245. The quantitative estimate of drug-likeness (QED) is 0.510. The molecule has 0 aliphatic rings. The Hall–Kier alpha value is -2.69. The van der Waals surface area contributed by atoms with Crippen molar-refractivity contribution in [2.24, 2.45) is 4.99 Å². The van der Waals surface area contributed by atoms with Crippen LogP contribution in [0.3, 0.4) is 0 Å². The van der Waals surface area contributed by atoms with Crippen molar-refractivity contribution < 1.29 is 10.0 Å². The summed E-state index contributed by atoms with van der Waals surface area (Å²) in [5.41, 5.74) is 1.20. The number of phenols is 1. The first-order chi connectivity index (χ1) is 8.66. The van der Waals surface area contributed by atoms with Crippen molar-refractivity contribution in [3.05, 3.63) is 64.2 Å². The molecule has 0 aliphatic carbocycles. The summed E-state index contributed by atoms with van der Waals surface area (Å²) in [6, 6.07) is 12.7. The van der Waals surface area contributed by atoms with Gasteiger partial charge in [-0.2, -0.15) is 0 Å². The second-order valence-corrected chi connectivity index (χ2v) is 3.59. The first-order valence-corrected chi connectivity index (χ1v) is 5.23. The first-order valence-electron chi connectivity index (χ1n) is 5.23. The van der Waals surface area contributed by atoms with Crippen LogP contribution in [0.5, 0.6) is 5.75 Å². The molecule has 90 valence electrons. The molecule has 0 saturated heterocycles. The number of nitrogens with zero attached hydrogens (tertiary/aromatic N) is 2. The number of nitro groups is 1. The molecular weight excluding hydrogens is 232 g/mol. The van der Waals surface area contributed by atoms with Gasteiger partial charge in [0.05, 0.1) is 10.6 Å². The largest absolute Gasteiger partial charge is 0.507 e. The number of benzene rings is 2. The predicted octanol–water partition coefficient (Wildman–Crippen LogP) is 3.05. The summed E-state index contributed by atoms with van der Waals surface area (Å²) < 4.78 is 0. The zero-order valence-electron chi connectivity index (χ0n) is 9.35. The van der Waals surface area contributed by atoms with E-state index in [1.165, 1.54) is 18.3 Å². The lowest BCUT2D eigenvalue weighted by atomic mass is 10.2. The van der Waals surface area contributed by atoms with Crippen LogP contribution in [-0.4, -0.2) is 16.2 Å². The molecule has 0 heterocycles. The van der Waals surface area contributed by atoms with Crippen LogP contribution in [-0.2, 0) is 0 Å². The lowest BCUT2D eigenvalue weighted by Crippen LogP contribution is -1.86. The Bertz CT molecular complexity index is 591. The summed E-state index contributed by atoms with van der Waals surface area (Å²) in [6.45, 7) is 0. The average molecular weight is 242 g/mol. The van der Waals surface area contributed by atoms with Crippen molar-refractivity contribution in [1.82, 2.24) is 0 Å². The van der Waals surface area contributed by atoms with E-state index < -0.39 is 4.92 Å². The molecular formula is C13H10N2O3. The minimum atomic E-state index is -0.462. The Balaban J connectivity index is 2.19. The highest BCUT2D eigenvalue weighted by Crippen LogP contribution is 2.19. The molecule has 0 spiro atoms. The zero-order chi connectivity index (χ0) is 13.0. The second kappa shape index (κ2) is 5.09. The zero-order valence-corrected chi connectivity index (χ0v) is 9.35. The summed E-state index contributed by atoms with van der Waals surface area (Å²) in [5.74, 6) is 0.142. The van der Waals surface area contributed by atoms with Crippen LogP contribution >= 0.6 is 0 Å². The monoisotopic (exact) mass is 242 g/mol. The van der Waals surface area contributed by atoms with Crippen molar-refractivity contribution in [3.8, 4) is 5.75 Å². The third-order valence-corrected chi connectivity index (χ3v) is 2.35. The highest BCUT2D eigenvalue weighted by molar-refractivity contribution is 5.85. The SMILES string of the molecule is O=[N+]([O-])c1ccc(N=Cc2ccccc2O)cc1. The molecule has 0 aliphatic heterocycles. The van der Waals surface area contributed by atoms with Crippen LogP contribution in [0.1, 0.15) is 5.56 Å². The van der Waals surface area contributed by atoms with Crippen molar-refractivity contribution in [3.63, 3.8) is 0 Å². The summed E-state index contributed by atoms with van der Waals surface area (Å²) in [7, 11) is 0. The predicted molar refractivity (Wildman–Crippen MR) is 68.5 cm³/mol. The van der Waals surface area contributed by atoms with Gasteiger partial charge in [-0.1, -0.05) is 12.1 Å². The van der Waals surface area contributed by atoms with E-state index in [9.17, 15) is 15.2 Å². The fourth-order valence-electron chi connectivity index (χ4n) is 1.40. The van der Waals surface area contributed by atoms with Gasteiger partial charge in [-0.3, -0.25) is 15.1 Å². The van der Waals surface area contributed by atoms with Gasteiger partial charge in [0.25, 0.3) is 5.69 Å². The van der Waals surface area contributed by atoms with Crippen molar-refractivity contribution in [1.29, 1.82) is 0 Å². The molecule has 18 heavy (non-hydrogen) atoms. The van der Waals surface area contributed by atoms with Gasteiger partial charge in [-0.25, -0.2) is 0 Å². The number of phenolic OH excluding ortho intramolecular Hbond substituents is 1. The third-order valence-electron chi connectivity index (χ3n) is 2.35. The third kappa shape index (κ3) is 2.70. The molecule has 1 N–H and O–H groups in total. The Labute approximate surface area is 103 Å². The molecule has 2 aromatic carbocycles. The van der Waals surface area contributed by atoms with Crippen LogP contribution in [0.15, 0.2) is 53.5 Å². The summed E-state index contributed by atoms with van der Waals surface area (Å²) in [5, 5.41) is 20.0. The second-order valence-electron chi connectivity index (χ2n) is 3.59. The van der Waals surface area contributed by atoms with E-state index in [0.29, 0.717) is 11.3 Å². The van der Waals surface area contributed by atoms with Gasteiger partial charge in [0.2, 0.25) is 0 Å². The highest BCUT2D eigenvalue weighted by atomic mass is 16.6. The topological polar surface area (TPSA) is 75.7 Å². The van der Waals surface area contributed by atoms with E-state index in [4.69, 9.17) is 0 Å². The maximum atomic E-state index is 10.5. The number of nitro benzene ring substituents is 1. The fraction of sp³-hybridized carbons (Fsp3) is 0. The van der Waals surface area contributed by atoms with Gasteiger partial charge in [0.1, 0.15) is 5.75 Å². The summed E-state index contributed by atoms with van der Waals surface area (Å²) >= 11 is 0. The minimum Gasteiger partial charge on any atom is -0.507 e. The Morgan fingerprint density at radius 2 is 1.78 bits per heavy atom. The van der Waals surface area contributed by atoms with E-state index in [0.717, 1.165) is 0 Å². The van der Waals surface area contributed by atoms with Gasteiger partial charge < -0.3 is 5.11 Å². The summed E-state index contributed by atoms with van der Waals surface area (Å²) in [4.78, 5) is 14.1. The van der Waals surface area contributed by atoms with Crippen LogP contribution in [0, 0.1) is 10.1 Å². The number of aliphatic imine (C=N–C) groups is 1. The maximum absolute atomic E-state index is 10.5. The number of hydrogen-bond donors (Lipinski definition) is 1. The van der Waals surface area contributed by atoms with E-state index in [2.05, 4.69) is 4.99 Å². The molecule has 0 unspecified atom stereocenters. The van der Waals surface area contributed by atoms with E-state index in [1.54, 1.807) is 36.4 Å². The highest BCUT2D eigenvalue weighted by Gasteiger charge is 2.02. The van der Waals surface area contributed by atoms with E-state index in [-0.39, 0.29) is 11.4 Å². The molecule has 0 atom stereocenters. The first kappa shape index (κ1) is 11.8. The molecule has 5 heteroatoms. The Morgan fingerprint density at radius 3 is 2.39 bits per heavy atom. The fourth-order valence-corrected chi connectivity index (χ4v) is 1.40. The van der Waals surface area contributed by atoms with Gasteiger partial charge in [-0.05, 0) is 24.3 Å². The Kier molecular flexibility index (Phi) is 3.33. The van der Waals surface area contributed by atoms with Gasteiger partial charge in [-0.15, -0.1) is 0 Å². The smallest absolute Gasteiger partial charge is 0.269 e. The van der Waals surface area contributed by atoms with Gasteiger partial charge in [0.15, 0.2) is 0 Å². The normalized spacial score (nSPS) is 10.7. The average Bonchev–Trinajstić information content (AvgIpc) is 2.38. The standard InChI is InChI=1S/C13H10N2O3/c16-13-4-2-1-3-10(13)9-14-11-5-7-12(8-6-11)15(17)18/h1-9,16H. The molecule has 2 aromatic rings. The molecule has 2 rings (SSSR count). The molecule has 0 fully saturated rings. The molecule has 0 radical (unpaired) electrons. The van der Waals surface area contributed by atoms with E-state index >= 15 is 0 Å². The van der Waals surface area contributed by atoms with Crippen LogP contribution in [0.25, 0.3) is 0 Å². The van der Waals surface area contributed by atoms with Crippen molar-refractivity contribution in [2.45, 2.75) is 0 Å². The molecule has 0 bridgehead atoms. The number of non-ortho nitro benzene ring substituents is 1. The molecule has 0 aromatic heterocycles. The van der Waals surface area contributed by atoms with Crippen LogP contribution in [0.4, 0.5) is 11.4 Å². The number of rotatable bonds is 3. The number of para-hydroxylation sites is 1. The van der Waals surface area contributed by atoms with Crippen LogP contribution in [0.2, 0.25) is 0 Å². The van der Waals surface area contributed by atoms with Crippen molar-refractivity contribution in [2.75, 3.05) is 0 Å².